The van der Waals surface area contributed by atoms with E-state index in [0.29, 0.717) is 5.56 Å². The van der Waals surface area contributed by atoms with Crippen LogP contribution in [0, 0.1) is 0 Å². The summed E-state index contributed by atoms with van der Waals surface area (Å²) < 4.78 is 28.1. The Morgan fingerprint density at radius 1 is 1.17 bits per heavy atom. The number of nitrogens with two attached hydrogens (primary N) is 1. The van der Waals surface area contributed by atoms with Gasteiger partial charge in [-0.15, -0.1) is 0 Å². The third-order valence-corrected chi connectivity index (χ3v) is 4.77. The Morgan fingerprint density at radius 3 is 2.59 bits per heavy atom. The second-order valence-corrected chi connectivity index (χ2v) is 7.75. The highest BCUT2D eigenvalue weighted by Gasteiger charge is 2.15. The molecular weight excluding hydrogens is 398 g/mol. The van der Waals surface area contributed by atoms with Crippen molar-refractivity contribution in [3.8, 4) is 0 Å². The first kappa shape index (κ1) is 22.0. The van der Waals surface area contributed by atoms with Crippen molar-refractivity contribution in [1.29, 1.82) is 0 Å². The van der Waals surface area contributed by atoms with E-state index in [1.54, 1.807) is 30.3 Å². The smallest absolute Gasteiger partial charge is 0.275 e. The number of amides is 1. The molecule has 10 nitrogen and oxygen atoms in total. The monoisotopic (exact) mass is 421 g/mol. The molecule has 0 saturated heterocycles. The van der Waals surface area contributed by atoms with Gasteiger partial charge < -0.3 is 15.6 Å². The molecule has 0 saturated carbocycles. The zero-order chi connectivity index (χ0) is 21.3. The number of rotatable bonds is 11. The largest absolute Gasteiger partial charge is 0.384 e. The molecule has 0 aliphatic carbocycles. The fraction of sp³-hybridized carbons (Fsp3) is 0.222. The molecule has 0 aliphatic rings. The maximum absolute atomic E-state index is 12.5. The second kappa shape index (κ2) is 10.3. The highest BCUT2D eigenvalue weighted by molar-refractivity contribution is 7.91. The standard InChI is InChI=1S/C18H23N5O5S/c1-14(19)21-28-11-9-20-17(24)12-23-10-5-8-16(18(23)25)22-29(26,27)13-15-6-3-2-4-7-15/h2-8,10,21-22H,1,9,11-13,19H2,(H,20,24). The lowest BCUT2D eigenvalue weighted by atomic mass is 10.2. The fourth-order valence-electron chi connectivity index (χ4n) is 2.33. The van der Waals surface area contributed by atoms with E-state index in [4.69, 9.17) is 10.6 Å². The van der Waals surface area contributed by atoms with Gasteiger partial charge in [-0.3, -0.25) is 24.6 Å². The Morgan fingerprint density at radius 2 is 1.90 bits per heavy atom. The van der Waals surface area contributed by atoms with Gasteiger partial charge in [0.2, 0.25) is 15.9 Å². The molecule has 0 fully saturated rings. The first-order valence-electron chi connectivity index (χ1n) is 8.59. The van der Waals surface area contributed by atoms with Gasteiger partial charge in [-0.05, 0) is 17.7 Å². The van der Waals surface area contributed by atoms with Crippen LogP contribution in [0.3, 0.4) is 0 Å². The van der Waals surface area contributed by atoms with Crippen LogP contribution in [0.2, 0.25) is 0 Å². The average Bonchev–Trinajstić information content (AvgIpc) is 2.64. The average molecular weight is 421 g/mol. The van der Waals surface area contributed by atoms with Gasteiger partial charge in [0.15, 0.2) is 0 Å². The molecule has 5 N–H and O–H groups in total. The number of aromatic nitrogens is 1. The Balaban J connectivity index is 1.95. The number of benzene rings is 1. The van der Waals surface area contributed by atoms with Gasteiger partial charge in [-0.2, -0.15) is 0 Å². The lowest BCUT2D eigenvalue weighted by Crippen LogP contribution is -2.35. The summed E-state index contributed by atoms with van der Waals surface area (Å²) in [5, 5.41) is 2.56. The van der Waals surface area contributed by atoms with Crippen LogP contribution in [-0.4, -0.2) is 32.0 Å². The van der Waals surface area contributed by atoms with Crippen LogP contribution in [0.15, 0.2) is 65.9 Å². The number of nitrogens with zero attached hydrogens (tertiary/aromatic N) is 1. The third-order valence-electron chi connectivity index (χ3n) is 3.53. The zero-order valence-corrected chi connectivity index (χ0v) is 16.4. The molecule has 1 amide bonds. The number of hydroxylamine groups is 1. The highest BCUT2D eigenvalue weighted by atomic mass is 32.2. The van der Waals surface area contributed by atoms with Crippen LogP contribution >= 0.6 is 0 Å². The van der Waals surface area contributed by atoms with E-state index >= 15 is 0 Å². The number of hydrogen-bond acceptors (Lipinski definition) is 7. The molecule has 0 spiro atoms. The van der Waals surface area contributed by atoms with Crippen LogP contribution in [0.25, 0.3) is 0 Å². The second-order valence-electron chi connectivity index (χ2n) is 6.03. The number of nitrogens with one attached hydrogen (secondary N) is 3. The van der Waals surface area contributed by atoms with Gasteiger partial charge in [0.25, 0.3) is 5.56 Å². The van der Waals surface area contributed by atoms with E-state index in [1.807, 2.05) is 0 Å². The van der Waals surface area contributed by atoms with Gasteiger partial charge in [0, 0.05) is 12.7 Å². The third kappa shape index (κ3) is 7.68. The van der Waals surface area contributed by atoms with Crippen LogP contribution in [-0.2, 0) is 32.0 Å². The molecule has 29 heavy (non-hydrogen) atoms. The minimum Gasteiger partial charge on any atom is -0.384 e. The molecule has 0 atom stereocenters. The van der Waals surface area contributed by atoms with Gasteiger partial charge in [-0.1, -0.05) is 36.9 Å². The maximum atomic E-state index is 12.5. The summed E-state index contributed by atoms with van der Waals surface area (Å²) in [6.07, 6.45) is 1.40. The predicted molar refractivity (Wildman–Crippen MR) is 109 cm³/mol. The molecule has 0 aliphatic heterocycles. The summed E-state index contributed by atoms with van der Waals surface area (Å²) in [6, 6.07) is 11.4. The number of sulfonamides is 1. The molecule has 11 heteroatoms. The summed E-state index contributed by atoms with van der Waals surface area (Å²) in [6.45, 7) is 3.42. The minimum absolute atomic E-state index is 0.134. The Bertz CT molecular complexity index is 1000. The molecule has 0 bridgehead atoms. The van der Waals surface area contributed by atoms with Crippen molar-refractivity contribution < 1.29 is 18.0 Å². The molecule has 2 aromatic rings. The number of carbonyl (C=O) groups is 1. The first-order valence-corrected chi connectivity index (χ1v) is 10.2. The molecule has 0 radical (unpaired) electrons. The molecule has 156 valence electrons. The minimum atomic E-state index is -3.79. The Labute approximate surface area is 168 Å². The number of carbonyl (C=O) groups excluding carboxylic acids is 1. The van der Waals surface area contributed by atoms with Crippen LogP contribution in [0.4, 0.5) is 5.69 Å². The summed E-state index contributed by atoms with van der Waals surface area (Å²) in [5.74, 6) is -0.577. The Hall–Kier alpha value is -3.31. The van der Waals surface area contributed by atoms with Crippen molar-refractivity contribution in [3.05, 3.63) is 77.0 Å². The molecule has 1 aromatic heterocycles. The lowest BCUT2D eigenvalue weighted by Gasteiger charge is -2.11. The SMILES string of the molecule is C=C(N)NOCCNC(=O)Cn1cccc(NS(=O)(=O)Cc2ccccc2)c1=O. The van der Waals surface area contributed by atoms with E-state index in [2.05, 4.69) is 22.1 Å². The molecule has 1 heterocycles. The van der Waals surface area contributed by atoms with E-state index in [1.165, 1.54) is 18.3 Å². The topological polar surface area (TPSA) is 145 Å². The summed E-state index contributed by atoms with van der Waals surface area (Å²) in [7, 11) is -3.79. The summed E-state index contributed by atoms with van der Waals surface area (Å²) in [5.41, 5.74) is 7.41. The van der Waals surface area contributed by atoms with Gasteiger partial charge in [-0.25, -0.2) is 8.42 Å². The maximum Gasteiger partial charge on any atom is 0.275 e. The van der Waals surface area contributed by atoms with E-state index in [0.717, 1.165) is 4.57 Å². The zero-order valence-electron chi connectivity index (χ0n) is 15.6. The van der Waals surface area contributed by atoms with Crippen molar-refractivity contribution in [2.24, 2.45) is 5.73 Å². The molecule has 0 unspecified atom stereocenters. The first-order chi connectivity index (χ1) is 13.8. The number of hydrogen-bond donors (Lipinski definition) is 4. The summed E-state index contributed by atoms with van der Waals surface area (Å²) in [4.78, 5) is 29.4. The summed E-state index contributed by atoms with van der Waals surface area (Å²) >= 11 is 0. The van der Waals surface area contributed by atoms with E-state index in [-0.39, 0.29) is 37.0 Å². The van der Waals surface area contributed by atoms with Crippen molar-refractivity contribution in [2.75, 3.05) is 17.9 Å². The lowest BCUT2D eigenvalue weighted by molar-refractivity contribution is -0.122. The van der Waals surface area contributed by atoms with Crippen molar-refractivity contribution in [2.45, 2.75) is 12.3 Å². The fourth-order valence-corrected chi connectivity index (χ4v) is 3.53. The van der Waals surface area contributed by atoms with Gasteiger partial charge in [0.05, 0.1) is 12.4 Å². The normalized spacial score (nSPS) is 10.9. The van der Waals surface area contributed by atoms with Crippen LogP contribution < -0.4 is 26.8 Å². The van der Waals surface area contributed by atoms with Gasteiger partial charge in [0.1, 0.15) is 18.1 Å². The number of pyridine rings is 1. The van der Waals surface area contributed by atoms with E-state index < -0.39 is 21.5 Å². The van der Waals surface area contributed by atoms with Crippen molar-refractivity contribution in [3.63, 3.8) is 0 Å². The molecule has 2 rings (SSSR count). The Kier molecular flexibility index (Phi) is 7.80. The quantitative estimate of drug-likeness (QED) is 0.292. The molecular formula is C18H23N5O5S. The van der Waals surface area contributed by atoms with Crippen molar-refractivity contribution in [1.82, 2.24) is 15.4 Å². The van der Waals surface area contributed by atoms with E-state index in [9.17, 15) is 18.0 Å². The predicted octanol–water partition coefficient (Wildman–Crippen LogP) is -0.142. The highest BCUT2D eigenvalue weighted by Crippen LogP contribution is 2.09. The number of anilines is 1. The van der Waals surface area contributed by atoms with Gasteiger partial charge >= 0.3 is 0 Å². The van der Waals surface area contributed by atoms with Crippen molar-refractivity contribution >= 4 is 21.6 Å². The van der Waals surface area contributed by atoms with Crippen LogP contribution in [0.1, 0.15) is 5.56 Å². The molecule has 1 aromatic carbocycles. The van der Waals surface area contributed by atoms with Crippen LogP contribution in [0.5, 0.6) is 0 Å².